The average molecular weight is 343 g/mol. The summed E-state index contributed by atoms with van der Waals surface area (Å²) >= 11 is 0. The van der Waals surface area contributed by atoms with Gasteiger partial charge >= 0.3 is 0 Å². The van der Waals surface area contributed by atoms with Crippen LogP contribution in [0.5, 0.6) is 0 Å². The summed E-state index contributed by atoms with van der Waals surface area (Å²) in [4.78, 5) is 38.1. The first-order chi connectivity index (χ1) is 12.0. The number of aryl methyl sites for hydroxylation is 3. The molecule has 1 aliphatic heterocycles. The van der Waals surface area contributed by atoms with Gasteiger partial charge in [-0.1, -0.05) is 6.92 Å². The third-order valence-electron chi connectivity index (χ3n) is 4.88. The Bertz CT molecular complexity index is 823. The van der Waals surface area contributed by atoms with Crippen molar-refractivity contribution in [3.63, 3.8) is 0 Å². The molecule has 2 aromatic heterocycles. The quantitative estimate of drug-likeness (QED) is 0.913. The highest BCUT2D eigenvalue weighted by Crippen LogP contribution is 2.23. The zero-order valence-corrected chi connectivity index (χ0v) is 15.1. The smallest absolute Gasteiger partial charge is 0.254 e. The zero-order valence-electron chi connectivity index (χ0n) is 15.1. The van der Waals surface area contributed by atoms with Crippen LogP contribution in [0.25, 0.3) is 0 Å². The Morgan fingerprint density at radius 3 is 2.92 bits per heavy atom. The van der Waals surface area contributed by atoms with Crippen molar-refractivity contribution in [2.75, 3.05) is 13.1 Å². The maximum atomic E-state index is 12.7. The molecule has 7 heteroatoms. The summed E-state index contributed by atoms with van der Waals surface area (Å²) in [5.41, 5.74) is 0.885. The molecule has 0 aliphatic carbocycles. The first-order valence-electron chi connectivity index (χ1n) is 8.85. The van der Waals surface area contributed by atoms with Gasteiger partial charge in [-0.05, 0) is 26.7 Å². The summed E-state index contributed by atoms with van der Waals surface area (Å²) in [6.45, 7) is 7.01. The highest BCUT2D eigenvalue weighted by molar-refractivity contribution is 5.79. The van der Waals surface area contributed by atoms with Gasteiger partial charge in [-0.2, -0.15) is 0 Å². The molecule has 3 rings (SSSR count). The minimum atomic E-state index is -0.213. The van der Waals surface area contributed by atoms with E-state index in [0.717, 1.165) is 31.6 Å². The predicted octanol–water partition coefficient (Wildman–Crippen LogP) is 1.55. The minimum Gasteiger partial charge on any atom is -0.340 e. The van der Waals surface area contributed by atoms with E-state index in [4.69, 9.17) is 0 Å². The largest absolute Gasteiger partial charge is 0.340 e. The van der Waals surface area contributed by atoms with Crippen molar-refractivity contribution < 1.29 is 4.79 Å². The second-order valence-electron chi connectivity index (χ2n) is 6.63. The first kappa shape index (κ1) is 17.4. The van der Waals surface area contributed by atoms with Gasteiger partial charge in [0.1, 0.15) is 11.6 Å². The normalized spacial score (nSPS) is 17.7. The number of piperidine rings is 1. The standard InChI is InChI=1S/C18H25N5O2/c1-4-16-19-7-9-23(16)14-6-5-8-22(11-14)17(24)10-15-12(2)20-13(3)21-18(15)25/h7,9,14H,4-6,8,10-11H2,1-3H3,(H,20,21,25). The number of rotatable bonds is 4. The molecule has 1 unspecified atom stereocenters. The molecule has 1 atom stereocenters. The molecule has 25 heavy (non-hydrogen) atoms. The number of carbonyl (C=O) groups is 1. The number of nitrogens with zero attached hydrogens (tertiary/aromatic N) is 4. The van der Waals surface area contributed by atoms with Gasteiger partial charge in [0, 0.05) is 43.2 Å². The number of likely N-dealkylation sites (tertiary alicyclic amines) is 1. The van der Waals surface area contributed by atoms with Gasteiger partial charge in [0.2, 0.25) is 5.91 Å². The van der Waals surface area contributed by atoms with Crippen LogP contribution in [0.2, 0.25) is 0 Å². The first-order valence-corrected chi connectivity index (χ1v) is 8.85. The number of hydrogen-bond acceptors (Lipinski definition) is 4. The van der Waals surface area contributed by atoms with Crippen LogP contribution < -0.4 is 5.56 Å². The molecule has 1 aliphatic rings. The van der Waals surface area contributed by atoms with E-state index in [1.807, 2.05) is 17.3 Å². The number of H-pyrrole nitrogens is 1. The Balaban J connectivity index is 1.74. The summed E-state index contributed by atoms with van der Waals surface area (Å²) < 4.78 is 2.19. The van der Waals surface area contributed by atoms with Crippen molar-refractivity contribution in [3.05, 3.63) is 45.7 Å². The van der Waals surface area contributed by atoms with Crippen molar-refractivity contribution in [3.8, 4) is 0 Å². The molecule has 1 amide bonds. The molecule has 1 fully saturated rings. The van der Waals surface area contributed by atoms with E-state index in [1.165, 1.54) is 0 Å². The topological polar surface area (TPSA) is 83.9 Å². The number of aromatic amines is 1. The number of imidazole rings is 1. The fourth-order valence-corrected chi connectivity index (χ4v) is 3.58. The Morgan fingerprint density at radius 1 is 1.40 bits per heavy atom. The van der Waals surface area contributed by atoms with Crippen molar-refractivity contribution in [2.24, 2.45) is 0 Å². The lowest BCUT2D eigenvalue weighted by Gasteiger charge is -2.34. The van der Waals surface area contributed by atoms with E-state index in [0.29, 0.717) is 23.6 Å². The van der Waals surface area contributed by atoms with Gasteiger partial charge in [-0.3, -0.25) is 9.59 Å². The lowest BCUT2D eigenvalue weighted by molar-refractivity contribution is -0.132. The van der Waals surface area contributed by atoms with Crippen molar-refractivity contribution in [2.45, 2.75) is 52.5 Å². The van der Waals surface area contributed by atoms with Crippen molar-refractivity contribution >= 4 is 5.91 Å². The van der Waals surface area contributed by atoms with Crippen LogP contribution in [0.3, 0.4) is 0 Å². The molecule has 134 valence electrons. The van der Waals surface area contributed by atoms with Crippen LogP contribution in [0.4, 0.5) is 0 Å². The molecule has 0 bridgehead atoms. The summed E-state index contributed by atoms with van der Waals surface area (Å²) in [5.74, 6) is 1.61. The highest BCUT2D eigenvalue weighted by Gasteiger charge is 2.26. The lowest BCUT2D eigenvalue weighted by Crippen LogP contribution is -2.42. The van der Waals surface area contributed by atoms with Crippen molar-refractivity contribution in [1.82, 2.24) is 24.4 Å². The molecule has 0 spiro atoms. The summed E-state index contributed by atoms with van der Waals surface area (Å²) in [6, 6.07) is 0.255. The lowest BCUT2D eigenvalue weighted by atomic mass is 10.0. The molecule has 2 aromatic rings. The summed E-state index contributed by atoms with van der Waals surface area (Å²) in [6.07, 6.45) is 6.79. The third-order valence-corrected chi connectivity index (χ3v) is 4.88. The van der Waals surface area contributed by atoms with Gasteiger partial charge in [-0.15, -0.1) is 0 Å². The molecular weight excluding hydrogens is 318 g/mol. The van der Waals surface area contributed by atoms with Crippen LogP contribution in [0.1, 0.15) is 48.7 Å². The molecule has 3 heterocycles. The summed E-state index contributed by atoms with van der Waals surface area (Å²) in [5, 5.41) is 0. The van der Waals surface area contributed by atoms with E-state index >= 15 is 0 Å². The highest BCUT2D eigenvalue weighted by atomic mass is 16.2. The van der Waals surface area contributed by atoms with Gasteiger partial charge < -0.3 is 14.5 Å². The molecule has 0 aromatic carbocycles. The second-order valence-corrected chi connectivity index (χ2v) is 6.63. The fraction of sp³-hybridized carbons (Fsp3) is 0.556. The van der Waals surface area contributed by atoms with Gasteiger partial charge in [0.05, 0.1) is 12.5 Å². The van der Waals surface area contributed by atoms with Crippen LogP contribution in [-0.2, 0) is 17.6 Å². The number of carbonyl (C=O) groups excluding carboxylic acids is 1. The predicted molar refractivity (Wildman–Crippen MR) is 94.5 cm³/mol. The maximum Gasteiger partial charge on any atom is 0.254 e. The molecule has 1 saturated heterocycles. The van der Waals surface area contributed by atoms with E-state index in [2.05, 4.69) is 26.4 Å². The van der Waals surface area contributed by atoms with Crippen LogP contribution in [-0.4, -0.2) is 43.4 Å². The van der Waals surface area contributed by atoms with Crippen LogP contribution >= 0.6 is 0 Å². The van der Waals surface area contributed by atoms with E-state index < -0.39 is 0 Å². The summed E-state index contributed by atoms with van der Waals surface area (Å²) in [7, 11) is 0. The van der Waals surface area contributed by atoms with E-state index in [-0.39, 0.29) is 23.9 Å². The van der Waals surface area contributed by atoms with Crippen LogP contribution in [0, 0.1) is 13.8 Å². The minimum absolute atomic E-state index is 0.0119. The molecule has 0 radical (unpaired) electrons. The zero-order chi connectivity index (χ0) is 18.0. The number of aromatic nitrogens is 4. The Kier molecular flexibility index (Phi) is 5.01. The molecule has 7 nitrogen and oxygen atoms in total. The van der Waals surface area contributed by atoms with E-state index in [9.17, 15) is 9.59 Å². The van der Waals surface area contributed by atoms with Gasteiger partial charge in [0.25, 0.3) is 5.56 Å². The van der Waals surface area contributed by atoms with Crippen LogP contribution in [0.15, 0.2) is 17.2 Å². The van der Waals surface area contributed by atoms with Crippen molar-refractivity contribution in [1.29, 1.82) is 0 Å². The SMILES string of the molecule is CCc1nccn1C1CCCN(C(=O)Cc2c(C)nc(C)[nH]c2=O)C1. The molecule has 0 saturated carbocycles. The van der Waals surface area contributed by atoms with E-state index in [1.54, 1.807) is 13.8 Å². The maximum absolute atomic E-state index is 12.7. The number of nitrogens with one attached hydrogen (secondary N) is 1. The monoisotopic (exact) mass is 343 g/mol. The Hall–Kier alpha value is -2.44. The average Bonchev–Trinajstić information content (AvgIpc) is 3.06. The number of amides is 1. The molecular formula is C18H25N5O2. The molecule has 1 N–H and O–H groups in total. The Labute approximate surface area is 147 Å². The second kappa shape index (κ2) is 7.21. The van der Waals surface area contributed by atoms with Gasteiger partial charge in [-0.25, -0.2) is 9.97 Å². The Morgan fingerprint density at radius 2 is 2.20 bits per heavy atom. The number of hydrogen-bond donors (Lipinski definition) is 1. The fourth-order valence-electron chi connectivity index (χ4n) is 3.58. The van der Waals surface area contributed by atoms with Gasteiger partial charge in [0.15, 0.2) is 0 Å². The third kappa shape index (κ3) is 3.65.